The van der Waals surface area contributed by atoms with Crippen molar-refractivity contribution in [3.63, 3.8) is 0 Å². The summed E-state index contributed by atoms with van der Waals surface area (Å²) in [6.07, 6.45) is 5.43. The van der Waals surface area contributed by atoms with Crippen molar-refractivity contribution in [3.05, 3.63) is 48.1 Å². The van der Waals surface area contributed by atoms with E-state index in [0.29, 0.717) is 24.4 Å². The van der Waals surface area contributed by atoms with Crippen LogP contribution in [0.2, 0.25) is 0 Å². The minimum Gasteiger partial charge on any atom is -0.494 e. The molecule has 0 saturated carbocycles. The molecule has 27 heavy (non-hydrogen) atoms. The molecular formula is C19H22FN5O2. The highest BCUT2D eigenvalue weighted by atomic mass is 19.1. The molecule has 7 nitrogen and oxygen atoms in total. The molecule has 1 aromatic rings. The van der Waals surface area contributed by atoms with Crippen molar-refractivity contribution in [1.82, 2.24) is 16.0 Å². The Balaban J connectivity index is 1.59. The van der Waals surface area contributed by atoms with Gasteiger partial charge in [0.15, 0.2) is 11.6 Å². The average molecular weight is 371 g/mol. The van der Waals surface area contributed by atoms with Crippen LogP contribution >= 0.6 is 0 Å². The molecule has 4 rings (SSSR count). The van der Waals surface area contributed by atoms with Gasteiger partial charge in [0.05, 0.1) is 31.2 Å². The Kier molecular flexibility index (Phi) is 5.17. The number of halogens is 1. The van der Waals surface area contributed by atoms with E-state index in [2.05, 4.69) is 20.9 Å². The summed E-state index contributed by atoms with van der Waals surface area (Å²) in [5.74, 6) is 0.519. The molecule has 3 aliphatic rings. The normalized spacial score (nSPS) is 24.1. The molecule has 0 aromatic heterocycles. The topological polar surface area (TPSA) is 79.3 Å². The third-order valence-corrected chi connectivity index (χ3v) is 4.62. The molecule has 0 aliphatic carbocycles. The fourth-order valence-corrected chi connectivity index (χ4v) is 3.21. The number of nitrogens with one attached hydrogen (secondary N) is 3. The Labute approximate surface area is 157 Å². The first-order valence-corrected chi connectivity index (χ1v) is 8.94. The first-order valence-electron chi connectivity index (χ1n) is 8.94. The van der Waals surface area contributed by atoms with Crippen molar-refractivity contribution < 1.29 is 13.9 Å². The summed E-state index contributed by atoms with van der Waals surface area (Å²) < 4.78 is 24.9. The van der Waals surface area contributed by atoms with Crippen molar-refractivity contribution in [1.29, 1.82) is 0 Å². The second kappa shape index (κ2) is 7.89. The number of fused-ring (bicyclic) bond motifs is 1. The summed E-state index contributed by atoms with van der Waals surface area (Å²) in [4.78, 5) is 9.17. The molecule has 0 radical (unpaired) electrons. The van der Waals surface area contributed by atoms with Gasteiger partial charge in [0.1, 0.15) is 11.9 Å². The van der Waals surface area contributed by atoms with Crippen molar-refractivity contribution in [2.24, 2.45) is 9.98 Å². The molecule has 0 spiro atoms. The van der Waals surface area contributed by atoms with E-state index in [1.54, 1.807) is 24.5 Å². The van der Waals surface area contributed by atoms with Crippen molar-refractivity contribution in [2.75, 3.05) is 33.4 Å². The predicted molar refractivity (Wildman–Crippen MR) is 102 cm³/mol. The SMILES string of the molecule is COc1ccc(C2=CC3=NC=CNC3C(NC[C@@H]3CNCCO3)=N2)cc1F. The summed E-state index contributed by atoms with van der Waals surface area (Å²) >= 11 is 0. The highest BCUT2D eigenvalue weighted by Crippen LogP contribution is 2.26. The number of rotatable bonds is 4. The highest BCUT2D eigenvalue weighted by Gasteiger charge is 2.27. The van der Waals surface area contributed by atoms with Crippen LogP contribution in [-0.4, -0.2) is 57.0 Å². The molecule has 1 saturated heterocycles. The molecule has 1 fully saturated rings. The minimum absolute atomic E-state index is 0.0776. The van der Waals surface area contributed by atoms with Gasteiger partial charge in [0.2, 0.25) is 0 Å². The third kappa shape index (κ3) is 3.86. The maximum Gasteiger partial charge on any atom is 0.165 e. The molecule has 2 atom stereocenters. The fraction of sp³-hybridized carbons (Fsp3) is 0.368. The summed E-state index contributed by atoms with van der Waals surface area (Å²) in [5, 5.41) is 9.95. The molecule has 0 amide bonds. The number of amidine groups is 1. The Morgan fingerprint density at radius 3 is 3.11 bits per heavy atom. The number of benzene rings is 1. The van der Waals surface area contributed by atoms with E-state index in [4.69, 9.17) is 14.5 Å². The van der Waals surface area contributed by atoms with Gasteiger partial charge in [-0.1, -0.05) is 0 Å². The number of ether oxygens (including phenoxy) is 2. The molecule has 3 N–H and O–H groups in total. The van der Waals surface area contributed by atoms with Gasteiger partial charge in [0, 0.05) is 37.6 Å². The Hall–Kier alpha value is -2.71. The Morgan fingerprint density at radius 2 is 2.33 bits per heavy atom. The number of aliphatic imine (C=N–C) groups is 2. The van der Waals surface area contributed by atoms with Gasteiger partial charge >= 0.3 is 0 Å². The smallest absolute Gasteiger partial charge is 0.165 e. The molecule has 0 bridgehead atoms. The van der Waals surface area contributed by atoms with E-state index < -0.39 is 5.82 Å². The molecular weight excluding hydrogens is 349 g/mol. The van der Waals surface area contributed by atoms with E-state index in [1.807, 2.05) is 6.08 Å². The second-order valence-corrected chi connectivity index (χ2v) is 6.42. The van der Waals surface area contributed by atoms with Crippen LogP contribution in [0, 0.1) is 5.82 Å². The Morgan fingerprint density at radius 1 is 1.41 bits per heavy atom. The third-order valence-electron chi connectivity index (χ3n) is 4.62. The Bertz CT molecular complexity index is 827. The molecule has 3 heterocycles. The zero-order chi connectivity index (χ0) is 18.6. The molecule has 1 unspecified atom stereocenters. The maximum absolute atomic E-state index is 14.1. The number of methoxy groups -OCH3 is 1. The van der Waals surface area contributed by atoms with Crippen LogP contribution in [-0.2, 0) is 4.74 Å². The van der Waals surface area contributed by atoms with E-state index in [9.17, 15) is 4.39 Å². The molecule has 8 heteroatoms. The van der Waals surface area contributed by atoms with Gasteiger partial charge in [-0.05, 0) is 24.3 Å². The fourth-order valence-electron chi connectivity index (χ4n) is 3.21. The highest BCUT2D eigenvalue weighted by molar-refractivity contribution is 6.21. The number of hydrogen-bond acceptors (Lipinski definition) is 7. The summed E-state index contributed by atoms with van der Waals surface area (Å²) in [7, 11) is 1.44. The largest absolute Gasteiger partial charge is 0.494 e. The van der Waals surface area contributed by atoms with Gasteiger partial charge in [-0.15, -0.1) is 0 Å². The lowest BCUT2D eigenvalue weighted by molar-refractivity contribution is 0.0318. The van der Waals surface area contributed by atoms with Crippen LogP contribution < -0.4 is 20.7 Å². The lowest BCUT2D eigenvalue weighted by Crippen LogP contribution is -2.53. The number of morpholine rings is 1. The first kappa shape index (κ1) is 17.7. The van der Waals surface area contributed by atoms with Crippen LogP contribution in [0.5, 0.6) is 5.75 Å². The average Bonchev–Trinajstić information content (AvgIpc) is 2.72. The van der Waals surface area contributed by atoms with E-state index >= 15 is 0 Å². The maximum atomic E-state index is 14.1. The van der Waals surface area contributed by atoms with E-state index in [-0.39, 0.29) is 17.9 Å². The number of nitrogens with zero attached hydrogens (tertiary/aromatic N) is 2. The quantitative estimate of drug-likeness (QED) is 0.737. The summed E-state index contributed by atoms with van der Waals surface area (Å²) in [5.41, 5.74) is 2.14. The van der Waals surface area contributed by atoms with Crippen LogP contribution in [0.3, 0.4) is 0 Å². The monoisotopic (exact) mass is 371 g/mol. The lowest BCUT2D eigenvalue weighted by Gasteiger charge is -2.29. The van der Waals surface area contributed by atoms with Gasteiger partial charge in [0.25, 0.3) is 0 Å². The lowest BCUT2D eigenvalue weighted by atomic mass is 10.0. The number of hydrogen-bond donors (Lipinski definition) is 3. The summed E-state index contributed by atoms with van der Waals surface area (Å²) in [6.45, 7) is 3.00. The zero-order valence-electron chi connectivity index (χ0n) is 15.0. The van der Waals surface area contributed by atoms with Gasteiger partial charge in [-0.3, -0.25) is 4.99 Å². The molecule has 142 valence electrons. The second-order valence-electron chi connectivity index (χ2n) is 6.42. The van der Waals surface area contributed by atoms with Crippen LogP contribution in [0.1, 0.15) is 5.56 Å². The van der Waals surface area contributed by atoms with E-state index in [1.165, 1.54) is 13.2 Å². The zero-order valence-corrected chi connectivity index (χ0v) is 15.0. The minimum atomic E-state index is -0.423. The summed E-state index contributed by atoms with van der Waals surface area (Å²) in [6, 6.07) is 4.66. The standard InChI is InChI=1S/C19H22FN5O2/c1-26-17-3-2-12(8-14(17)20)15-9-16-18(23-5-4-22-16)19(25-15)24-11-13-10-21-6-7-27-13/h2-5,8-9,13,18,21,23H,6-7,10-11H2,1H3,(H,24,25)/t13-,18?/m0/s1. The van der Waals surface area contributed by atoms with Gasteiger partial charge in [-0.25, -0.2) is 9.38 Å². The van der Waals surface area contributed by atoms with Crippen LogP contribution in [0.15, 0.2) is 46.7 Å². The van der Waals surface area contributed by atoms with Crippen molar-refractivity contribution >= 4 is 17.2 Å². The van der Waals surface area contributed by atoms with E-state index in [0.717, 1.165) is 24.6 Å². The first-order chi connectivity index (χ1) is 13.2. The van der Waals surface area contributed by atoms with Gasteiger partial charge < -0.3 is 25.4 Å². The van der Waals surface area contributed by atoms with Crippen LogP contribution in [0.4, 0.5) is 4.39 Å². The van der Waals surface area contributed by atoms with Crippen molar-refractivity contribution in [3.8, 4) is 5.75 Å². The van der Waals surface area contributed by atoms with Gasteiger partial charge in [-0.2, -0.15) is 0 Å². The predicted octanol–water partition coefficient (Wildman–Crippen LogP) is 1.05. The van der Waals surface area contributed by atoms with Crippen LogP contribution in [0.25, 0.3) is 5.70 Å². The van der Waals surface area contributed by atoms with Crippen molar-refractivity contribution in [2.45, 2.75) is 12.1 Å². The molecule has 3 aliphatic heterocycles. The molecule has 1 aromatic carbocycles.